The summed E-state index contributed by atoms with van der Waals surface area (Å²) in [5.41, 5.74) is 1.73. The van der Waals surface area contributed by atoms with Gasteiger partial charge in [-0.2, -0.15) is 0 Å². The predicted octanol–water partition coefficient (Wildman–Crippen LogP) is 1.72. The molecule has 0 saturated heterocycles. The zero-order valence-corrected chi connectivity index (χ0v) is 6.31. The van der Waals surface area contributed by atoms with E-state index in [9.17, 15) is 0 Å². The van der Waals surface area contributed by atoms with Crippen molar-refractivity contribution in [1.82, 2.24) is 0 Å². The Balaban J connectivity index is 2.27. The van der Waals surface area contributed by atoms with E-state index in [2.05, 4.69) is 19.9 Å². The number of allylic oxidation sites excluding steroid dienone is 1. The minimum absolute atomic E-state index is 0.168. The van der Waals surface area contributed by atoms with E-state index in [4.69, 9.17) is 5.11 Å². The Kier molecular flexibility index (Phi) is 1.39. The van der Waals surface area contributed by atoms with Crippen LogP contribution in [0.15, 0.2) is 11.6 Å². The van der Waals surface area contributed by atoms with Crippen molar-refractivity contribution in [1.29, 1.82) is 0 Å². The van der Waals surface area contributed by atoms with Crippen LogP contribution in [0.5, 0.6) is 0 Å². The van der Waals surface area contributed by atoms with Gasteiger partial charge in [-0.25, -0.2) is 0 Å². The molecule has 0 aromatic carbocycles. The molecule has 1 aliphatic rings. The van der Waals surface area contributed by atoms with Gasteiger partial charge in [0.05, 0.1) is 6.10 Å². The largest absolute Gasteiger partial charge is 0.393 e. The molecule has 0 amide bonds. The van der Waals surface area contributed by atoms with Crippen LogP contribution >= 0.6 is 0 Å². The van der Waals surface area contributed by atoms with Crippen molar-refractivity contribution in [3.63, 3.8) is 0 Å². The summed E-state index contributed by atoms with van der Waals surface area (Å²) in [6.45, 7) is 6.17. The highest BCUT2D eigenvalue weighted by Crippen LogP contribution is 2.45. The SMILES string of the molecule is CC(O)CC1=CC1(C)C. The van der Waals surface area contributed by atoms with Gasteiger partial charge in [0.15, 0.2) is 0 Å². The van der Waals surface area contributed by atoms with E-state index < -0.39 is 0 Å². The van der Waals surface area contributed by atoms with Gasteiger partial charge < -0.3 is 5.11 Å². The maximum Gasteiger partial charge on any atom is 0.0549 e. The Bertz CT molecular complexity index is 143. The molecule has 0 bridgehead atoms. The first kappa shape index (κ1) is 6.81. The Morgan fingerprint density at radius 3 is 2.22 bits per heavy atom. The fourth-order valence-corrected chi connectivity index (χ4v) is 1.04. The topological polar surface area (TPSA) is 20.2 Å². The molecule has 0 radical (unpaired) electrons. The molecule has 1 rings (SSSR count). The first-order valence-electron chi connectivity index (χ1n) is 3.42. The summed E-state index contributed by atoms with van der Waals surface area (Å²) in [5.74, 6) is 0. The van der Waals surface area contributed by atoms with E-state index in [0.29, 0.717) is 5.41 Å². The first-order chi connectivity index (χ1) is 4.02. The average Bonchev–Trinajstić information content (AvgIpc) is 2.10. The van der Waals surface area contributed by atoms with Crippen molar-refractivity contribution in [3.05, 3.63) is 11.6 Å². The number of rotatable bonds is 2. The van der Waals surface area contributed by atoms with Crippen LogP contribution in [0.2, 0.25) is 0 Å². The van der Waals surface area contributed by atoms with Crippen molar-refractivity contribution in [2.75, 3.05) is 0 Å². The third-order valence-electron chi connectivity index (χ3n) is 1.79. The zero-order valence-electron chi connectivity index (χ0n) is 6.31. The monoisotopic (exact) mass is 126 g/mol. The van der Waals surface area contributed by atoms with E-state index in [1.54, 1.807) is 0 Å². The Labute approximate surface area is 56.4 Å². The molecular weight excluding hydrogens is 112 g/mol. The van der Waals surface area contributed by atoms with Gasteiger partial charge in [-0.15, -0.1) is 0 Å². The highest BCUT2D eigenvalue weighted by molar-refractivity contribution is 5.36. The van der Waals surface area contributed by atoms with Crippen LogP contribution in [0.4, 0.5) is 0 Å². The third kappa shape index (κ3) is 1.55. The molecule has 0 saturated carbocycles. The number of aliphatic hydroxyl groups is 1. The maximum atomic E-state index is 8.95. The Hall–Kier alpha value is -0.300. The summed E-state index contributed by atoms with van der Waals surface area (Å²) in [7, 11) is 0. The summed E-state index contributed by atoms with van der Waals surface area (Å²) in [4.78, 5) is 0. The van der Waals surface area contributed by atoms with Gasteiger partial charge in [-0.05, 0) is 13.3 Å². The standard InChI is InChI=1S/C8H14O/c1-6(9)4-7-5-8(7,2)3/h5-6,9H,4H2,1-3H3. The van der Waals surface area contributed by atoms with Crippen molar-refractivity contribution >= 4 is 0 Å². The Morgan fingerprint density at radius 2 is 2.11 bits per heavy atom. The van der Waals surface area contributed by atoms with Crippen molar-refractivity contribution < 1.29 is 5.11 Å². The second-order valence-corrected chi connectivity index (χ2v) is 3.44. The van der Waals surface area contributed by atoms with Crippen LogP contribution in [0.1, 0.15) is 27.2 Å². The molecule has 9 heavy (non-hydrogen) atoms. The lowest BCUT2D eigenvalue weighted by Gasteiger charge is -2.04. The number of hydrogen-bond donors (Lipinski definition) is 1. The van der Waals surface area contributed by atoms with Gasteiger partial charge >= 0.3 is 0 Å². The summed E-state index contributed by atoms with van der Waals surface area (Å²) in [5, 5.41) is 8.95. The normalized spacial score (nSPS) is 25.1. The van der Waals surface area contributed by atoms with Gasteiger partial charge in [0, 0.05) is 5.41 Å². The van der Waals surface area contributed by atoms with Crippen molar-refractivity contribution in [2.45, 2.75) is 33.3 Å². The molecule has 1 atom stereocenters. The van der Waals surface area contributed by atoms with Gasteiger partial charge in [0.25, 0.3) is 0 Å². The second kappa shape index (κ2) is 1.84. The van der Waals surface area contributed by atoms with E-state index in [0.717, 1.165) is 6.42 Å². The predicted molar refractivity (Wildman–Crippen MR) is 38.2 cm³/mol. The maximum absolute atomic E-state index is 8.95. The molecule has 1 N–H and O–H groups in total. The number of hydrogen-bond acceptors (Lipinski definition) is 1. The summed E-state index contributed by atoms with van der Waals surface area (Å²) < 4.78 is 0. The van der Waals surface area contributed by atoms with Gasteiger partial charge in [0.2, 0.25) is 0 Å². The van der Waals surface area contributed by atoms with Crippen LogP contribution in [-0.2, 0) is 0 Å². The summed E-state index contributed by atoms with van der Waals surface area (Å²) in [6, 6.07) is 0. The summed E-state index contributed by atoms with van der Waals surface area (Å²) in [6.07, 6.45) is 2.89. The fourth-order valence-electron chi connectivity index (χ4n) is 1.04. The molecule has 1 aliphatic carbocycles. The molecule has 0 spiro atoms. The number of aliphatic hydroxyl groups excluding tert-OH is 1. The molecule has 0 aromatic rings. The molecule has 1 heteroatoms. The fraction of sp³-hybridized carbons (Fsp3) is 0.750. The van der Waals surface area contributed by atoms with Crippen LogP contribution in [0.25, 0.3) is 0 Å². The van der Waals surface area contributed by atoms with Gasteiger partial charge in [0.1, 0.15) is 0 Å². The molecule has 0 aromatic heterocycles. The third-order valence-corrected chi connectivity index (χ3v) is 1.79. The summed E-state index contributed by atoms with van der Waals surface area (Å²) >= 11 is 0. The minimum atomic E-state index is -0.168. The molecule has 1 unspecified atom stereocenters. The highest BCUT2D eigenvalue weighted by atomic mass is 16.3. The van der Waals surface area contributed by atoms with Gasteiger partial charge in [-0.1, -0.05) is 25.5 Å². The average molecular weight is 126 g/mol. The van der Waals surface area contributed by atoms with Crippen molar-refractivity contribution in [3.8, 4) is 0 Å². The van der Waals surface area contributed by atoms with Crippen LogP contribution in [0, 0.1) is 5.41 Å². The van der Waals surface area contributed by atoms with Gasteiger partial charge in [-0.3, -0.25) is 0 Å². The lowest BCUT2D eigenvalue weighted by atomic mass is 10.0. The van der Waals surface area contributed by atoms with E-state index in [1.165, 1.54) is 5.57 Å². The van der Waals surface area contributed by atoms with Crippen LogP contribution < -0.4 is 0 Å². The second-order valence-electron chi connectivity index (χ2n) is 3.44. The zero-order chi connectivity index (χ0) is 7.07. The Morgan fingerprint density at radius 1 is 1.67 bits per heavy atom. The lowest BCUT2D eigenvalue weighted by molar-refractivity contribution is 0.194. The first-order valence-corrected chi connectivity index (χ1v) is 3.42. The van der Waals surface area contributed by atoms with Crippen LogP contribution in [-0.4, -0.2) is 11.2 Å². The van der Waals surface area contributed by atoms with E-state index in [1.807, 2.05) is 6.92 Å². The van der Waals surface area contributed by atoms with E-state index >= 15 is 0 Å². The van der Waals surface area contributed by atoms with Crippen molar-refractivity contribution in [2.24, 2.45) is 5.41 Å². The smallest absolute Gasteiger partial charge is 0.0549 e. The molecular formula is C8H14O. The molecule has 0 aliphatic heterocycles. The van der Waals surface area contributed by atoms with E-state index in [-0.39, 0.29) is 6.10 Å². The molecule has 0 fully saturated rings. The molecule has 1 nitrogen and oxygen atoms in total. The van der Waals surface area contributed by atoms with Crippen LogP contribution in [0.3, 0.4) is 0 Å². The molecule has 0 heterocycles. The molecule has 52 valence electrons. The highest BCUT2D eigenvalue weighted by Gasteiger charge is 2.33. The minimum Gasteiger partial charge on any atom is -0.393 e. The quantitative estimate of drug-likeness (QED) is 0.558. The lowest BCUT2D eigenvalue weighted by Crippen LogP contribution is -2.01.